The van der Waals surface area contributed by atoms with Crippen LogP contribution in [0.4, 0.5) is 0 Å². The average molecular weight is 238 g/mol. The lowest BCUT2D eigenvalue weighted by Crippen LogP contribution is -2.39. The van der Waals surface area contributed by atoms with Gasteiger partial charge in [0.2, 0.25) is 5.82 Å². The van der Waals surface area contributed by atoms with Crippen molar-refractivity contribution in [3.63, 3.8) is 0 Å². The Morgan fingerprint density at radius 2 is 2.41 bits per heavy atom. The van der Waals surface area contributed by atoms with Crippen LogP contribution in [0, 0.1) is 5.92 Å². The van der Waals surface area contributed by atoms with Crippen molar-refractivity contribution < 1.29 is 9.90 Å². The molecule has 1 aliphatic carbocycles. The largest absolute Gasteiger partial charge is 0.396 e. The third-order valence-electron chi connectivity index (χ3n) is 3.28. The van der Waals surface area contributed by atoms with E-state index in [-0.39, 0.29) is 30.3 Å². The molecule has 3 N–H and O–H groups in total. The molecule has 6 heteroatoms. The highest BCUT2D eigenvalue weighted by Crippen LogP contribution is 2.25. The van der Waals surface area contributed by atoms with Crippen LogP contribution in [0.25, 0.3) is 0 Å². The first-order valence-corrected chi connectivity index (χ1v) is 6.07. The molecule has 2 unspecified atom stereocenters. The highest BCUT2D eigenvalue weighted by molar-refractivity contribution is 5.90. The molecule has 0 aliphatic heterocycles. The molecule has 0 aromatic carbocycles. The van der Waals surface area contributed by atoms with Gasteiger partial charge in [-0.3, -0.25) is 9.89 Å². The second-order valence-corrected chi connectivity index (χ2v) is 4.41. The van der Waals surface area contributed by atoms with Gasteiger partial charge in [0.25, 0.3) is 5.91 Å². The Balaban J connectivity index is 1.96. The van der Waals surface area contributed by atoms with Gasteiger partial charge in [0.15, 0.2) is 0 Å². The number of carbonyl (C=O) groups is 1. The first-order valence-electron chi connectivity index (χ1n) is 6.07. The Bertz CT molecular complexity index is 391. The molecule has 1 aromatic rings. The number of H-pyrrole nitrogens is 1. The number of aromatic nitrogens is 3. The van der Waals surface area contributed by atoms with Crippen molar-refractivity contribution in [3.05, 3.63) is 11.6 Å². The topological polar surface area (TPSA) is 90.9 Å². The van der Waals surface area contributed by atoms with Crippen LogP contribution in [-0.2, 0) is 6.42 Å². The van der Waals surface area contributed by atoms with Crippen molar-refractivity contribution in [1.82, 2.24) is 20.5 Å². The van der Waals surface area contributed by atoms with E-state index in [1.165, 1.54) is 0 Å². The Morgan fingerprint density at radius 1 is 1.59 bits per heavy atom. The number of hydrogen-bond donors (Lipinski definition) is 3. The summed E-state index contributed by atoms with van der Waals surface area (Å²) in [5.74, 6) is 0.806. The number of aromatic amines is 1. The molecule has 94 valence electrons. The maximum atomic E-state index is 11.9. The summed E-state index contributed by atoms with van der Waals surface area (Å²) in [5.41, 5.74) is 0. The molecule has 1 amide bonds. The highest BCUT2D eigenvalue weighted by atomic mass is 16.3. The lowest BCUT2D eigenvalue weighted by atomic mass is 10.1. The van der Waals surface area contributed by atoms with Crippen molar-refractivity contribution in [3.8, 4) is 0 Å². The van der Waals surface area contributed by atoms with Gasteiger partial charge in [0.1, 0.15) is 5.82 Å². The number of hydrogen-bond acceptors (Lipinski definition) is 4. The fourth-order valence-electron chi connectivity index (χ4n) is 2.23. The first-order chi connectivity index (χ1) is 8.24. The van der Waals surface area contributed by atoms with Crippen molar-refractivity contribution in [2.75, 3.05) is 6.61 Å². The van der Waals surface area contributed by atoms with Gasteiger partial charge in [-0.2, -0.15) is 0 Å². The quantitative estimate of drug-likeness (QED) is 0.701. The molecule has 0 bridgehead atoms. The zero-order valence-corrected chi connectivity index (χ0v) is 9.94. The Hall–Kier alpha value is -1.43. The van der Waals surface area contributed by atoms with Crippen LogP contribution in [0.2, 0.25) is 0 Å². The van der Waals surface area contributed by atoms with Gasteiger partial charge in [0, 0.05) is 25.0 Å². The van der Waals surface area contributed by atoms with Crippen LogP contribution in [0.3, 0.4) is 0 Å². The molecule has 0 spiro atoms. The smallest absolute Gasteiger partial charge is 0.291 e. The summed E-state index contributed by atoms with van der Waals surface area (Å²) in [6, 6.07) is 0.0519. The van der Waals surface area contributed by atoms with Crippen LogP contribution in [0.15, 0.2) is 0 Å². The van der Waals surface area contributed by atoms with Crippen molar-refractivity contribution >= 4 is 5.91 Å². The normalized spacial score (nSPS) is 23.9. The zero-order chi connectivity index (χ0) is 12.3. The minimum Gasteiger partial charge on any atom is -0.396 e. The maximum Gasteiger partial charge on any atom is 0.291 e. The highest BCUT2D eigenvalue weighted by Gasteiger charge is 2.28. The predicted octanol–water partition coefficient (Wildman–Crippen LogP) is 0.258. The fraction of sp³-hybridized carbons (Fsp3) is 0.727. The number of amides is 1. The Kier molecular flexibility index (Phi) is 3.73. The van der Waals surface area contributed by atoms with Crippen LogP contribution >= 0.6 is 0 Å². The summed E-state index contributed by atoms with van der Waals surface area (Å²) in [6.07, 6.45) is 3.66. The number of carbonyl (C=O) groups excluding carboxylic acids is 1. The van der Waals surface area contributed by atoms with Crippen LogP contribution in [-0.4, -0.2) is 38.8 Å². The molecule has 1 aliphatic rings. The lowest BCUT2D eigenvalue weighted by molar-refractivity contribution is 0.0906. The van der Waals surface area contributed by atoms with Gasteiger partial charge in [-0.1, -0.05) is 13.3 Å². The lowest BCUT2D eigenvalue weighted by Gasteiger charge is -2.17. The van der Waals surface area contributed by atoms with Crippen molar-refractivity contribution in [1.29, 1.82) is 0 Å². The molecule has 0 saturated heterocycles. The molecule has 2 atom stereocenters. The van der Waals surface area contributed by atoms with E-state index in [2.05, 4.69) is 20.5 Å². The summed E-state index contributed by atoms with van der Waals surface area (Å²) >= 11 is 0. The minimum absolute atomic E-state index is 0.0519. The van der Waals surface area contributed by atoms with E-state index in [0.29, 0.717) is 5.82 Å². The second-order valence-electron chi connectivity index (χ2n) is 4.41. The monoisotopic (exact) mass is 238 g/mol. The van der Waals surface area contributed by atoms with E-state index in [0.717, 1.165) is 25.7 Å². The standard InChI is InChI=1S/C11H18N4O2/c1-2-9-13-10(15-14-9)11(17)12-8-5-3-4-7(8)6-16/h7-8,16H,2-6H2,1H3,(H,12,17)(H,13,14,15). The van der Waals surface area contributed by atoms with Gasteiger partial charge >= 0.3 is 0 Å². The van der Waals surface area contributed by atoms with Gasteiger partial charge in [0.05, 0.1) is 0 Å². The van der Waals surface area contributed by atoms with Crippen LogP contribution < -0.4 is 5.32 Å². The van der Waals surface area contributed by atoms with E-state index >= 15 is 0 Å². The number of rotatable bonds is 4. The van der Waals surface area contributed by atoms with E-state index in [1.54, 1.807) is 0 Å². The molecule has 1 saturated carbocycles. The van der Waals surface area contributed by atoms with Gasteiger partial charge < -0.3 is 10.4 Å². The van der Waals surface area contributed by atoms with Gasteiger partial charge in [-0.25, -0.2) is 4.98 Å². The number of aliphatic hydroxyl groups is 1. The molecular weight excluding hydrogens is 220 g/mol. The minimum atomic E-state index is -0.258. The van der Waals surface area contributed by atoms with Crippen molar-refractivity contribution in [2.45, 2.75) is 38.6 Å². The Labute approximate surface area is 99.8 Å². The molecule has 17 heavy (non-hydrogen) atoms. The predicted molar refractivity (Wildman–Crippen MR) is 61.4 cm³/mol. The third-order valence-corrected chi connectivity index (χ3v) is 3.28. The zero-order valence-electron chi connectivity index (χ0n) is 9.94. The van der Waals surface area contributed by atoms with E-state index in [9.17, 15) is 9.90 Å². The number of aliphatic hydroxyl groups excluding tert-OH is 1. The number of nitrogens with one attached hydrogen (secondary N) is 2. The van der Waals surface area contributed by atoms with E-state index < -0.39 is 0 Å². The molecule has 1 aromatic heterocycles. The number of aryl methyl sites for hydroxylation is 1. The summed E-state index contributed by atoms with van der Waals surface area (Å²) in [6.45, 7) is 2.07. The third kappa shape index (κ3) is 2.63. The summed E-state index contributed by atoms with van der Waals surface area (Å²) in [7, 11) is 0. The summed E-state index contributed by atoms with van der Waals surface area (Å²) in [5, 5.41) is 18.6. The Morgan fingerprint density at radius 3 is 3.06 bits per heavy atom. The van der Waals surface area contributed by atoms with E-state index in [4.69, 9.17) is 0 Å². The SMILES string of the molecule is CCc1nc(C(=O)NC2CCCC2CO)n[nH]1. The second kappa shape index (κ2) is 5.27. The van der Waals surface area contributed by atoms with Gasteiger partial charge in [-0.05, 0) is 12.8 Å². The molecule has 0 radical (unpaired) electrons. The van der Waals surface area contributed by atoms with Crippen LogP contribution in [0.1, 0.15) is 42.6 Å². The van der Waals surface area contributed by atoms with Crippen molar-refractivity contribution in [2.24, 2.45) is 5.92 Å². The van der Waals surface area contributed by atoms with Gasteiger partial charge in [-0.15, -0.1) is 5.10 Å². The molecule has 2 rings (SSSR count). The summed E-state index contributed by atoms with van der Waals surface area (Å²) in [4.78, 5) is 15.9. The number of nitrogens with zero attached hydrogens (tertiary/aromatic N) is 2. The molecule has 6 nitrogen and oxygen atoms in total. The first kappa shape index (κ1) is 12.0. The molecule has 1 heterocycles. The molecule has 1 fully saturated rings. The molecular formula is C11H18N4O2. The maximum absolute atomic E-state index is 11.9. The van der Waals surface area contributed by atoms with Crippen LogP contribution in [0.5, 0.6) is 0 Å². The van der Waals surface area contributed by atoms with E-state index in [1.807, 2.05) is 6.92 Å². The summed E-state index contributed by atoms with van der Waals surface area (Å²) < 4.78 is 0. The average Bonchev–Trinajstić information content (AvgIpc) is 2.96. The fourth-order valence-corrected chi connectivity index (χ4v) is 2.23.